The van der Waals surface area contributed by atoms with Crippen LogP contribution in [0, 0.1) is 5.92 Å². The quantitative estimate of drug-likeness (QED) is 0.775. The molecule has 0 radical (unpaired) electrons. The molecule has 4 heteroatoms. The fourth-order valence-corrected chi connectivity index (χ4v) is 2.73. The van der Waals surface area contributed by atoms with Crippen LogP contribution < -0.4 is 10.6 Å². The minimum atomic E-state index is -0.201. The van der Waals surface area contributed by atoms with Crippen LogP contribution in [-0.2, 0) is 9.53 Å². The van der Waals surface area contributed by atoms with Crippen LogP contribution in [0.1, 0.15) is 39.0 Å². The van der Waals surface area contributed by atoms with Crippen molar-refractivity contribution in [2.75, 3.05) is 19.7 Å². The van der Waals surface area contributed by atoms with Crippen LogP contribution >= 0.6 is 0 Å². The summed E-state index contributed by atoms with van der Waals surface area (Å²) in [7, 11) is 0. The number of nitrogens with one attached hydrogen (secondary N) is 2. The van der Waals surface area contributed by atoms with E-state index in [1.165, 1.54) is 0 Å². The summed E-state index contributed by atoms with van der Waals surface area (Å²) >= 11 is 0. The Hall–Kier alpha value is -0.610. The molecule has 2 N–H and O–H groups in total. The smallest absolute Gasteiger partial charge is 0.249 e. The van der Waals surface area contributed by atoms with Gasteiger partial charge >= 0.3 is 0 Å². The van der Waals surface area contributed by atoms with Crippen molar-refractivity contribution in [3.05, 3.63) is 0 Å². The molecule has 17 heavy (non-hydrogen) atoms. The van der Waals surface area contributed by atoms with E-state index in [0.29, 0.717) is 5.92 Å². The molecule has 0 bridgehead atoms. The molecule has 2 fully saturated rings. The second-order valence-corrected chi connectivity index (χ2v) is 5.24. The molecule has 2 atom stereocenters. The van der Waals surface area contributed by atoms with E-state index < -0.39 is 0 Å². The topological polar surface area (TPSA) is 50.4 Å². The second kappa shape index (κ2) is 6.36. The van der Waals surface area contributed by atoms with Gasteiger partial charge in [0, 0.05) is 12.6 Å². The minimum Gasteiger partial charge on any atom is -0.368 e. The number of rotatable bonds is 3. The van der Waals surface area contributed by atoms with Crippen molar-refractivity contribution < 1.29 is 9.53 Å². The fraction of sp³-hybridized carbons (Fsp3) is 0.923. The highest BCUT2D eigenvalue weighted by Gasteiger charge is 2.26. The molecule has 0 aromatic heterocycles. The third-order valence-corrected chi connectivity index (χ3v) is 3.93. The number of carbonyl (C=O) groups excluding carboxylic acids is 1. The summed E-state index contributed by atoms with van der Waals surface area (Å²) in [5.74, 6) is 0.708. The molecule has 1 amide bonds. The molecule has 2 aliphatic heterocycles. The summed E-state index contributed by atoms with van der Waals surface area (Å²) in [6, 6.07) is 0.273. The molecule has 98 valence electrons. The Morgan fingerprint density at radius 1 is 1.29 bits per heavy atom. The van der Waals surface area contributed by atoms with Crippen LogP contribution in [0.4, 0.5) is 0 Å². The molecule has 2 heterocycles. The fourth-order valence-electron chi connectivity index (χ4n) is 2.73. The van der Waals surface area contributed by atoms with E-state index in [9.17, 15) is 4.79 Å². The number of carbonyl (C=O) groups is 1. The summed E-state index contributed by atoms with van der Waals surface area (Å²) in [4.78, 5) is 12.0. The van der Waals surface area contributed by atoms with Gasteiger partial charge in [-0.05, 0) is 58.0 Å². The first-order valence-corrected chi connectivity index (χ1v) is 6.90. The second-order valence-electron chi connectivity index (χ2n) is 5.24. The third-order valence-electron chi connectivity index (χ3n) is 3.93. The van der Waals surface area contributed by atoms with Gasteiger partial charge < -0.3 is 15.4 Å². The number of ether oxygens (including phenoxy) is 1. The van der Waals surface area contributed by atoms with Gasteiger partial charge in [-0.1, -0.05) is 0 Å². The van der Waals surface area contributed by atoms with Crippen molar-refractivity contribution in [2.45, 2.75) is 51.2 Å². The molecule has 0 aliphatic carbocycles. The first-order valence-electron chi connectivity index (χ1n) is 6.90. The molecule has 2 saturated heterocycles. The van der Waals surface area contributed by atoms with Gasteiger partial charge in [0.2, 0.25) is 5.91 Å². The normalized spacial score (nSPS) is 28.6. The highest BCUT2D eigenvalue weighted by atomic mass is 16.5. The first kappa shape index (κ1) is 12.8. The van der Waals surface area contributed by atoms with E-state index in [2.05, 4.69) is 17.6 Å². The van der Waals surface area contributed by atoms with Gasteiger partial charge in [-0.2, -0.15) is 0 Å². The largest absolute Gasteiger partial charge is 0.368 e. The monoisotopic (exact) mass is 240 g/mol. The lowest BCUT2D eigenvalue weighted by Crippen LogP contribution is -2.47. The average molecular weight is 240 g/mol. The number of piperidine rings is 1. The van der Waals surface area contributed by atoms with Gasteiger partial charge in [0.1, 0.15) is 6.10 Å². The molecular weight excluding hydrogens is 216 g/mol. The Balaban J connectivity index is 1.76. The standard InChI is InChI=1S/C13H24N2O2/c1-10(11-5-7-14-8-6-11)15-13(16)12-4-2-3-9-17-12/h10-12,14H,2-9H2,1H3,(H,15,16). The molecule has 0 aromatic carbocycles. The summed E-state index contributed by atoms with van der Waals surface area (Å²) < 4.78 is 5.50. The predicted octanol–water partition coefficient (Wildman–Crippen LogP) is 1.06. The van der Waals surface area contributed by atoms with Gasteiger partial charge in [0.25, 0.3) is 0 Å². The van der Waals surface area contributed by atoms with E-state index in [-0.39, 0.29) is 18.1 Å². The van der Waals surface area contributed by atoms with Gasteiger partial charge in [0.05, 0.1) is 0 Å². The van der Waals surface area contributed by atoms with E-state index in [1.54, 1.807) is 0 Å². The van der Waals surface area contributed by atoms with Crippen LogP contribution in [-0.4, -0.2) is 37.7 Å². The van der Waals surface area contributed by atoms with Crippen molar-refractivity contribution in [3.8, 4) is 0 Å². The maximum absolute atomic E-state index is 12.0. The Bertz CT molecular complexity index is 246. The number of hydrogen-bond acceptors (Lipinski definition) is 3. The number of hydrogen-bond donors (Lipinski definition) is 2. The van der Waals surface area contributed by atoms with E-state index in [0.717, 1.165) is 51.8 Å². The van der Waals surface area contributed by atoms with Crippen LogP contribution in [0.5, 0.6) is 0 Å². The SMILES string of the molecule is CC(NC(=O)C1CCCCO1)C1CCNCC1. The molecule has 0 spiro atoms. The van der Waals surface area contributed by atoms with Crippen molar-refractivity contribution in [1.82, 2.24) is 10.6 Å². The highest BCUT2D eigenvalue weighted by molar-refractivity contribution is 5.81. The zero-order valence-electron chi connectivity index (χ0n) is 10.7. The number of amides is 1. The molecular formula is C13H24N2O2. The summed E-state index contributed by atoms with van der Waals surface area (Å²) in [6.45, 7) is 5.01. The van der Waals surface area contributed by atoms with Gasteiger partial charge in [-0.3, -0.25) is 4.79 Å². The zero-order chi connectivity index (χ0) is 12.1. The summed E-state index contributed by atoms with van der Waals surface area (Å²) in [6.07, 6.45) is 5.20. The molecule has 4 nitrogen and oxygen atoms in total. The maximum Gasteiger partial charge on any atom is 0.249 e. The van der Waals surface area contributed by atoms with Gasteiger partial charge in [0.15, 0.2) is 0 Å². The first-order chi connectivity index (χ1) is 8.27. The summed E-state index contributed by atoms with van der Waals surface area (Å²) in [5, 5.41) is 6.48. The maximum atomic E-state index is 12.0. The van der Waals surface area contributed by atoms with Gasteiger partial charge in [-0.15, -0.1) is 0 Å². The van der Waals surface area contributed by atoms with Crippen molar-refractivity contribution in [3.63, 3.8) is 0 Å². The summed E-state index contributed by atoms with van der Waals surface area (Å²) in [5.41, 5.74) is 0. The Kier molecular flexibility index (Phi) is 4.80. The van der Waals surface area contributed by atoms with Crippen LogP contribution in [0.3, 0.4) is 0 Å². The van der Waals surface area contributed by atoms with Crippen LogP contribution in [0.15, 0.2) is 0 Å². The zero-order valence-corrected chi connectivity index (χ0v) is 10.7. The van der Waals surface area contributed by atoms with Crippen LogP contribution in [0.2, 0.25) is 0 Å². The lowest BCUT2D eigenvalue weighted by Gasteiger charge is -2.30. The van der Waals surface area contributed by atoms with Crippen molar-refractivity contribution >= 4 is 5.91 Å². The Morgan fingerprint density at radius 3 is 2.71 bits per heavy atom. The third kappa shape index (κ3) is 3.68. The average Bonchev–Trinajstić information content (AvgIpc) is 2.40. The van der Waals surface area contributed by atoms with Gasteiger partial charge in [-0.25, -0.2) is 0 Å². The molecule has 0 saturated carbocycles. The molecule has 2 unspecified atom stereocenters. The molecule has 2 rings (SSSR count). The Morgan fingerprint density at radius 2 is 2.06 bits per heavy atom. The lowest BCUT2D eigenvalue weighted by atomic mass is 9.91. The van der Waals surface area contributed by atoms with E-state index >= 15 is 0 Å². The lowest BCUT2D eigenvalue weighted by molar-refractivity contribution is -0.136. The predicted molar refractivity (Wildman–Crippen MR) is 66.8 cm³/mol. The molecule has 0 aromatic rings. The Labute approximate surface area is 103 Å². The minimum absolute atomic E-state index is 0.0933. The molecule has 2 aliphatic rings. The van der Waals surface area contributed by atoms with Crippen molar-refractivity contribution in [2.24, 2.45) is 5.92 Å². The highest BCUT2D eigenvalue weighted by Crippen LogP contribution is 2.17. The van der Waals surface area contributed by atoms with Crippen molar-refractivity contribution in [1.29, 1.82) is 0 Å². The van der Waals surface area contributed by atoms with E-state index in [4.69, 9.17) is 4.74 Å². The van der Waals surface area contributed by atoms with Crippen LogP contribution in [0.25, 0.3) is 0 Å². The van der Waals surface area contributed by atoms with E-state index in [1.807, 2.05) is 0 Å².